The van der Waals surface area contributed by atoms with Gasteiger partial charge in [0.1, 0.15) is 5.69 Å². The highest BCUT2D eigenvalue weighted by molar-refractivity contribution is 5.79. The average Bonchev–Trinajstić information content (AvgIpc) is 2.62. The smallest absolute Gasteiger partial charge is 0.305 e. The molecule has 6 heteroatoms. The second kappa shape index (κ2) is 7.18. The summed E-state index contributed by atoms with van der Waals surface area (Å²) in [6, 6.07) is 8.45. The van der Waals surface area contributed by atoms with Crippen LogP contribution in [0.25, 0.3) is 22.3 Å². The molecule has 1 heterocycles. The molecule has 0 aliphatic carbocycles. The molecule has 0 fully saturated rings. The van der Waals surface area contributed by atoms with Crippen molar-refractivity contribution in [3.8, 4) is 11.3 Å². The van der Waals surface area contributed by atoms with Gasteiger partial charge in [-0.2, -0.15) is 13.2 Å². The van der Waals surface area contributed by atoms with E-state index in [1.54, 1.807) is 4.57 Å². The maximum atomic E-state index is 13.0. The van der Waals surface area contributed by atoms with E-state index in [9.17, 15) is 18.0 Å². The molecule has 3 nitrogen and oxygen atoms in total. The Labute approximate surface area is 155 Å². The molecule has 142 valence electrons. The van der Waals surface area contributed by atoms with Crippen LogP contribution in [-0.2, 0) is 12.7 Å². The van der Waals surface area contributed by atoms with Gasteiger partial charge in [-0.05, 0) is 55.7 Å². The molecule has 3 aromatic rings. The second-order valence-corrected chi connectivity index (χ2v) is 6.77. The van der Waals surface area contributed by atoms with Gasteiger partial charge in [0.25, 0.3) is 5.56 Å². The van der Waals surface area contributed by atoms with Gasteiger partial charge in [-0.25, -0.2) is 4.98 Å². The molecule has 0 spiro atoms. The highest BCUT2D eigenvalue weighted by atomic mass is 19.4. The van der Waals surface area contributed by atoms with Crippen molar-refractivity contribution >= 4 is 11.0 Å². The van der Waals surface area contributed by atoms with Crippen molar-refractivity contribution in [3.05, 3.63) is 63.4 Å². The van der Waals surface area contributed by atoms with Gasteiger partial charge in [0, 0.05) is 12.1 Å². The lowest BCUT2D eigenvalue weighted by Crippen LogP contribution is -2.24. The van der Waals surface area contributed by atoms with Gasteiger partial charge >= 0.3 is 6.18 Å². The third-order valence-electron chi connectivity index (χ3n) is 4.78. The topological polar surface area (TPSA) is 34.9 Å². The zero-order chi connectivity index (χ0) is 19.8. The molecule has 2 aromatic carbocycles. The minimum absolute atomic E-state index is 0.176. The first-order chi connectivity index (χ1) is 12.7. The van der Waals surface area contributed by atoms with E-state index in [2.05, 4.69) is 4.98 Å². The van der Waals surface area contributed by atoms with Gasteiger partial charge in [-0.3, -0.25) is 4.79 Å². The predicted octanol–water partition coefficient (Wildman–Crippen LogP) is 5.50. The Morgan fingerprint density at radius 2 is 1.67 bits per heavy atom. The lowest BCUT2D eigenvalue weighted by Gasteiger charge is -2.14. The third kappa shape index (κ3) is 3.75. The minimum atomic E-state index is -4.41. The molecule has 0 saturated carbocycles. The van der Waals surface area contributed by atoms with Crippen LogP contribution >= 0.6 is 0 Å². The Bertz CT molecular complexity index is 1030. The van der Waals surface area contributed by atoms with Gasteiger partial charge in [-0.1, -0.05) is 25.5 Å². The van der Waals surface area contributed by atoms with E-state index in [-0.39, 0.29) is 11.3 Å². The fourth-order valence-corrected chi connectivity index (χ4v) is 3.04. The summed E-state index contributed by atoms with van der Waals surface area (Å²) >= 11 is 0. The number of aromatic nitrogens is 2. The number of nitrogens with zero attached hydrogens (tertiary/aromatic N) is 2. The molecule has 27 heavy (non-hydrogen) atoms. The summed E-state index contributed by atoms with van der Waals surface area (Å²) in [6.07, 6.45) is -2.65. The van der Waals surface area contributed by atoms with Gasteiger partial charge in [-0.15, -0.1) is 0 Å². The van der Waals surface area contributed by atoms with E-state index in [4.69, 9.17) is 0 Å². The maximum absolute atomic E-state index is 13.0. The van der Waals surface area contributed by atoms with Crippen LogP contribution < -0.4 is 5.56 Å². The number of alkyl halides is 3. The van der Waals surface area contributed by atoms with Crippen LogP contribution in [0.15, 0.2) is 41.2 Å². The Hall–Kier alpha value is -2.63. The number of fused-ring (bicyclic) bond motifs is 1. The Kier molecular flexibility index (Phi) is 5.09. The summed E-state index contributed by atoms with van der Waals surface area (Å²) < 4.78 is 40.1. The molecule has 0 atom stereocenters. The summed E-state index contributed by atoms with van der Waals surface area (Å²) in [4.78, 5) is 17.5. The molecular weight excluding hydrogens is 353 g/mol. The maximum Gasteiger partial charge on any atom is 0.416 e. The monoisotopic (exact) mass is 374 g/mol. The zero-order valence-corrected chi connectivity index (χ0v) is 15.5. The van der Waals surface area contributed by atoms with Gasteiger partial charge in [0.2, 0.25) is 0 Å². The highest BCUT2D eigenvalue weighted by Gasteiger charge is 2.30. The quantitative estimate of drug-likeness (QED) is 0.604. The number of unbranched alkanes of at least 4 members (excludes halogenated alkanes) is 1. The minimum Gasteiger partial charge on any atom is -0.305 e. The summed E-state index contributed by atoms with van der Waals surface area (Å²) in [5.74, 6) is 0. The van der Waals surface area contributed by atoms with Crippen LogP contribution in [-0.4, -0.2) is 9.55 Å². The van der Waals surface area contributed by atoms with Crippen molar-refractivity contribution in [2.45, 2.75) is 46.3 Å². The number of aryl methyl sites for hydroxylation is 3. The van der Waals surface area contributed by atoms with Crippen LogP contribution in [0, 0.1) is 13.8 Å². The van der Waals surface area contributed by atoms with Crippen molar-refractivity contribution in [1.29, 1.82) is 0 Å². The van der Waals surface area contributed by atoms with Crippen molar-refractivity contribution in [3.63, 3.8) is 0 Å². The molecule has 0 saturated heterocycles. The van der Waals surface area contributed by atoms with Crippen LogP contribution in [0.3, 0.4) is 0 Å². The molecule has 0 amide bonds. The predicted molar refractivity (Wildman–Crippen MR) is 101 cm³/mol. The van der Waals surface area contributed by atoms with Crippen LogP contribution in [0.1, 0.15) is 36.5 Å². The molecule has 0 N–H and O–H groups in total. The van der Waals surface area contributed by atoms with Crippen molar-refractivity contribution in [1.82, 2.24) is 9.55 Å². The summed E-state index contributed by atoms with van der Waals surface area (Å²) in [7, 11) is 0. The fourth-order valence-electron chi connectivity index (χ4n) is 3.04. The summed E-state index contributed by atoms with van der Waals surface area (Å²) in [6.45, 7) is 6.54. The molecule has 0 aliphatic rings. The lowest BCUT2D eigenvalue weighted by molar-refractivity contribution is -0.137. The van der Waals surface area contributed by atoms with Crippen LogP contribution in [0.5, 0.6) is 0 Å². The van der Waals surface area contributed by atoms with Gasteiger partial charge in [0.05, 0.1) is 16.6 Å². The van der Waals surface area contributed by atoms with Crippen molar-refractivity contribution in [2.75, 3.05) is 0 Å². The fraction of sp³-hybridized carbons (Fsp3) is 0.333. The van der Waals surface area contributed by atoms with Crippen molar-refractivity contribution in [2.24, 2.45) is 0 Å². The van der Waals surface area contributed by atoms with E-state index in [0.717, 1.165) is 41.6 Å². The van der Waals surface area contributed by atoms with Gasteiger partial charge < -0.3 is 4.57 Å². The van der Waals surface area contributed by atoms with E-state index < -0.39 is 11.7 Å². The molecule has 0 radical (unpaired) electrons. The molecule has 1 aromatic heterocycles. The standard InChI is InChI=1S/C21H21F3N2O/c1-4-5-10-26-18-12-14(3)13(2)11-17(18)25-19(20(26)27)15-6-8-16(9-7-15)21(22,23)24/h6-9,11-12H,4-5,10H2,1-3H3. The normalized spacial score (nSPS) is 11.9. The number of benzene rings is 2. The Morgan fingerprint density at radius 1 is 1.04 bits per heavy atom. The summed E-state index contributed by atoms with van der Waals surface area (Å²) in [5, 5.41) is 0. The first-order valence-electron chi connectivity index (χ1n) is 8.91. The molecule has 0 aliphatic heterocycles. The third-order valence-corrected chi connectivity index (χ3v) is 4.78. The molecular formula is C21H21F3N2O. The Morgan fingerprint density at radius 3 is 2.26 bits per heavy atom. The second-order valence-electron chi connectivity index (χ2n) is 6.77. The number of halogens is 3. The first-order valence-corrected chi connectivity index (χ1v) is 8.91. The van der Waals surface area contributed by atoms with Crippen LogP contribution in [0.2, 0.25) is 0 Å². The van der Waals surface area contributed by atoms with E-state index >= 15 is 0 Å². The lowest BCUT2D eigenvalue weighted by atomic mass is 10.1. The van der Waals surface area contributed by atoms with E-state index in [0.29, 0.717) is 17.6 Å². The zero-order valence-electron chi connectivity index (χ0n) is 15.5. The van der Waals surface area contributed by atoms with E-state index in [1.165, 1.54) is 12.1 Å². The largest absolute Gasteiger partial charge is 0.416 e. The number of rotatable bonds is 4. The van der Waals surface area contributed by atoms with Gasteiger partial charge in [0.15, 0.2) is 0 Å². The van der Waals surface area contributed by atoms with Crippen molar-refractivity contribution < 1.29 is 13.2 Å². The average molecular weight is 374 g/mol. The Balaban J connectivity index is 2.22. The van der Waals surface area contributed by atoms with E-state index in [1.807, 2.05) is 32.9 Å². The summed E-state index contributed by atoms with van der Waals surface area (Å²) in [5.41, 5.74) is 3.08. The van der Waals surface area contributed by atoms with Crippen LogP contribution in [0.4, 0.5) is 13.2 Å². The first kappa shape index (κ1) is 19.1. The number of hydrogen-bond acceptors (Lipinski definition) is 2. The molecule has 0 bridgehead atoms. The SMILES string of the molecule is CCCCn1c(=O)c(-c2ccc(C(F)(F)F)cc2)nc2cc(C)c(C)cc21. The number of hydrogen-bond donors (Lipinski definition) is 0. The molecule has 0 unspecified atom stereocenters. The highest BCUT2D eigenvalue weighted by Crippen LogP contribution is 2.30. The molecule has 3 rings (SSSR count).